The molecule has 80 valence electrons. The van der Waals surface area contributed by atoms with Gasteiger partial charge in [-0.15, -0.1) is 0 Å². The molecule has 1 atom stereocenters. The van der Waals surface area contributed by atoms with Crippen LogP contribution in [-0.2, 0) is 9.59 Å². The first kappa shape index (κ1) is 11.7. The van der Waals surface area contributed by atoms with Crippen molar-refractivity contribution < 1.29 is 19.8 Å². The lowest BCUT2D eigenvalue weighted by Gasteiger charge is -2.10. The Morgan fingerprint density at radius 3 is 2.47 bits per heavy atom. The van der Waals surface area contributed by atoms with Gasteiger partial charge in [0.2, 0.25) is 0 Å². The zero-order valence-corrected chi connectivity index (χ0v) is 9.27. The molecule has 0 radical (unpaired) electrons. The zero-order valence-electron chi connectivity index (χ0n) is 7.68. The molecule has 0 saturated heterocycles. The van der Waals surface area contributed by atoms with Crippen molar-refractivity contribution in [3.63, 3.8) is 0 Å². The molecule has 0 aliphatic rings. The predicted octanol–water partition coefficient (Wildman–Crippen LogP) is 2.09. The second-order valence-corrected chi connectivity index (χ2v) is 3.96. The predicted molar refractivity (Wildman–Crippen MR) is 56.8 cm³/mol. The van der Waals surface area contributed by atoms with Gasteiger partial charge in [-0.3, -0.25) is 9.59 Å². The molecule has 0 unspecified atom stereocenters. The Bertz CT molecular complexity index is 389. The molecule has 15 heavy (non-hydrogen) atoms. The number of rotatable bonds is 4. The van der Waals surface area contributed by atoms with Crippen LogP contribution in [0.1, 0.15) is 17.9 Å². The van der Waals surface area contributed by atoms with Crippen LogP contribution in [0.2, 0.25) is 0 Å². The first-order valence-electron chi connectivity index (χ1n) is 4.20. The zero-order chi connectivity index (χ0) is 11.4. The van der Waals surface area contributed by atoms with Crippen molar-refractivity contribution in [1.82, 2.24) is 0 Å². The van der Waals surface area contributed by atoms with Crippen LogP contribution in [0, 0.1) is 0 Å². The molecule has 0 fully saturated rings. The van der Waals surface area contributed by atoms with E-state index >= 15 is 0 Å². The Kier molecular flexibility index (Phi) is 3.85. The Morgan fingerprint density at radius 1 is 1.33 bits per heavy atom. The highest BCUT2D eigenvalue weighted by molar-refractivity contribution is 9.10. The summed E-state index contributed by atoms with van der Waals surface area (Å²) in [6, 6.07) is 6.65. The van der Waals surface area contributed by atoms with Gasteiger partial charge in [0, 0.05) is 4.47 Å². The quantitative estimate of drug-likeness (QED) is 0.880. The molecule has 1 aromatic rings. The maximum Gasteiger partial charge on any atom is 0.311 e. The summed E-state index contributed by atoms with van der Waals surface area (Å²) in [7, 11) is 0. The number of carboxylic acid groups (broad SMARTS) is 2. The summed E-state index contributed by atoms with van der Waals surface area (Å²) >= 11 is 3.21. The summed E-state index contributed by atoms with van der Waals surface area (Å²) < 4.78 is 0.733. The van der Waals surface area contributed by atoms with Crippen LogP contribution in [0.25, 0.3) is 0 Å². The van der Waals surface area contributed by atoms with E-state index in [1.807, 2.05) is 0 Å². The van der Waals surface area contributed by atoms with E-state index < -0.39 is 24.3 Å². The minimum Gasteiger partial charge on any atom is -0.481 e. The lowest BCUT2D eigenvalue weighted by Crippen LogP contribution is -2.15. The lowest BCUT2D eigenvalue weighted by molar-refractivity contribution is -0.145. The number of benzene rings is 1. The molecule has 0 aliphatic heterocycles. The van der Waals surface area contributed by atoms with Crippen LogP contribution >= 0.6 is 15.9 Å². The molecule has 1 aromatic carbocycles. The molecule has 2 N–H and O–H groups in total. The number of aliphatic carboxylic acids is 2. The topological polar surface area (TPSA) is 74.6 Å². The molecule has 4 nitrogen and oxygen atoms in total. The van der Waals surface area contributed by atoms with E-state index in [0.717, 1.165) is 4.47 Å². The SMILES string of the molecule is O=C(O)C[C@@H](C(=O)O)c1cccc(Br)c1. The fourth-order valence-electron chi connectivity index (χ4n) is 1.25. The van der Waals surface area contributed by atoms with Gasteiger partial charge in [0.1, 0.15) is 0 Å². The van der Waals surface area contributed by atoms with Crippen LogP contribution in [0.5, 0.6) is 0 Å². The number of carboxylic acids is 2. The number of hydrogen-bond donors (Lipinski definition) is 2. The molecule has 0 saturated carbocycles. The van der Waals surface area contributed by atoms with Crippen LogP contribution in [0.4, 0.5) is 0 Å². The van der Waals surface area contributed by atoms with Gasteiger partial charge < -0.3 is 10.2 Å². The van der Waals surface area contributed by atoms with Gasteiger partial charge >= 0.3 is 11.9 Å². The second kappa shape index (κ2) is 4.93. The first-order chi connectivity index (χ1) is 7.00. The third-order valence-corrected chi connectivity index (χ3v) is 2.42. The van der Waals surface area contributed by atoms with E-state index in [9.17, 15) is 9.59 Å². The lowest BCUT2D eigenvalue weighted by atomic mass is 9.96. The summed E-state index contributed by atoms with van der Waals surface area (Å²) in [5.74, 6) is -3.25. The van der Waals surface area contributed by atoms with Crippen molar-refractivity contribution in [3.8, 4) is 0 Å². The highest BCUT2D eigenvalue weighted by Gasteiger charge is 2.22. The molecule has 0 aliphatic carbocycles. The molecule has 0 aromatic heterocycles. The van der Waals surface area contributed by atoms with Crippen molar-refractivity contribution >= 4 is 27.9 Å². The standard InChI is InChI=1S/C10H9BrO4/c11-7-3-1-2-6(4-7)8(10(14)15)5-9(12)13/h1-4,8H,5H2,(H,12,13)(H,14,15)/t8-/m1/s1. The van der Waals surface area contributed by atoms with Gasteiger partial charge in [-0.05, 0) is 17.7 Å². The Balaban J connectivity index is 2.98. The molecule has 5 heteroatoms. The molecule has 0 spiro atoms. The number of hydrogen-bond acceptors (Lipinski definition) is 2. The maximum atomic E-state index is 10.9. The first-order valence-corrected chi connectivity index (χ1v) is 5.00. The average molecular weight is 273 g/mol. The minimum absolute atomic E-state index is 0.411. The minimum atomic E-state index is -1.13. The smallest absolute Gasteiger partial charge is 0.311 e. The number of halogens is 1. The van der Waals surface area contributed by atoms with Gasteiger partial charge in [0.25, 0.3) is 0 Å². The van der Waals surface area contributed by atoms with Crippen LogP contribution in [-0.4, -0.2) is 22.2 Å². The molecular weight excluding hydrogens is 264 g/mol. The van der Waals surface area contributed by atoms with Crippen LogP contribution in [0.15, 0.2) is 28.7 Å². The largest absolute Gasteiger partial charge is 0.481 e. The summed E-state index contributed by atoms with van der Waals surface area (Å²) in [6.07, 6.45) is -0.411. The number of carbonyl (C=O) groups is 2. The molecule has 0 amide bonds. The van der Waals surface area contributed by atoms with Crippen LogP contribution < -0.4 is 0 Å². The van der Waals surface area contributed by atoms with Gasteiger partial charge in [-0.2, -0.15) is 0 Å². The van der Waals surface area contributed by atoms with E-state index in [4.69, 9.17) is 10.2 Å². The van der Waals surface area contributed by atoms with Crippen LogP contribution in [0.3, 0.4) is 0 Å². The van der Waals surface area contributed by atoms with E-state index in [-0.39, 0.29) is 0 Å². The van der Waals surface area contributed by atoms with Gasteiger partial charge in [0.05, 0.1) is 12.3 Å². The van der Waals surface area contributed by atoms with Crippen molar-refractivity contribution in [2.45, 2.75) is 12.3 Å². The highest BCUT2D eigenvalue weighted by atomic mass is 79.9. The summed E-state index contributed by atoms with van der Waals surface area (Å²) in [5.41, 5.74) is 0.485. The summed E-state index contributed by atoms with van der Waals surface area (Å²) in [6.45, 7) is 0. The maximum absolute atomic E-state index is 10.9. The van der Waals surface area contributed by atoms with E-state index in [1.54, 1.807) is 24.3 Å². The van der Waals surface area contributed by atoms with Gasteiger partial charge in [-0.1, -0.05) is 28.1 Å². The molecule has 0 heterocycles. The molecular formula is C10H9BrO4. The fraction of sp³-hybridized carbons (Fsp3) is 0.200. The Hall–Kier alpha value is -1.36. The second-order valence-electron chi connectivity index (χ2n) is 3.04. The van der Waals surface area contributed by atoms with E-state index in [0.29, 0.717) is 5.56 Å². The summed E-state index contributed by atoms with van der Waals surface area (Å²) in [5, 5.41) is 17.5. The molecule has 1 rings (SSSR count). The molecule has 0 bridgehead atoms. The van der Waals surface area contributed by atoms with Gasteiger partial charge in [0.15, 0.2) is 0 Å². The third-order valence-electron chi connectivity index (χ3n) is 1.93. The fourth-order valence-corrected chi connectivity index (χ4v) is 1.66. The van der Waals surface area contributed by atoms with Crippen molar-refractivity contribution in [3.05, 3.63) is 34.3 Å². The van der Waals surface area contributed by atoms with E-state index in [2.05, 4.69) is 15.9 Å². The normalized spacial score (nSPS) is 12.1. The van der Waals surface area contributed by atoms with Crippen molar-refractivity contribution in [2.75, 3.05) is 0 Å². The summed E-state index contributed by atoms with van der Waals surface area (Å²) in [4.78, 5) is 21.4. The van der Waals surface area contributed by atoms with E-state index in [1.165, 1.54) is 0 Å². The van der Waals surface area contributed by atoms with Crippen molar-refractivity contribution in [1.29, 1.82) is 0 Å². The van der Waals surface area contributed by atoms with Crippen molar-refractivity contribution in [2.24, 2.45) is 0 Å². The Morgan fingerprint density at radius 2 is 2.00 bits per heavy atom. The average Bonchev–Trinajstić information content (AvgIpc) is 2.13. The third kappa shape index (κ3) is 3.36. The Labute approximate surface area is 94.7 Å². The monoisotopic (exact) mass is 272 g/mol. The highest BCUT2D eigenvalue weighted by Crippen LogP contribution is 2.23. The van der Waals surface area contributed by atoms with Gasteiger partial charge in [-0.25, -0.2) is 0 Å².